The maximum Gasteiger partial charge on any atom is 0.188 e. The summed E-state index contributed by atoms with van der Waals surface area (Å²) in [4.78, 5) is 7.05. The van der Waals surface area contributed by atoms with Gasteiger partial charge < -0.3 is 15.8 Å². The van der Waals surface area contributed by atoms with Gasteiger partial charge in [-0.2, -0.15) is 0 Å². The van der Waals surface area contributed by atoms with Crippen LogP contribution >= 0.6 is 0 Å². The van der Waals surface area contributed by atoms with Crippen LogP contribution in [0.2, 0.25) is 0 Å². The van der Waals surface area contributed by atoms with Gasteiger partial charge in [0.25, 0.3) is 0 Å². The minimum atomic E-state index is -0.00784. The van der Waals surface area contributed by atoms with E-state index < -0.39 is 0 Å². The highest BCUT2D eigenvalue weighted by molar-refractivity contribution is 5.77. The van der Waals surface area contributed by atoms with Crippen LogP contribution in [-0.2, 0) is 4.74 Å². The third kappa shape index (κ3) is 5.15. The minimum Gasteiger partial charge on any atom is -0.376 e. The van der Waals surface area contributed by atoms with Gasteiger partial charge in [0.2, 0.25) is 0 Å². The summed E-state index contributed by atoms with van der Waals surface area (Å²) in [7, 11) is 0. The van der Waals surface area contributed by atoms with Gasteiger partial charge in [0.15, 0.2) is 5.96 Å². The summed E-state index contributed by atoms with van der Waals surface area (Å²) < 4.78 is 5.74. The van der Waals surface area contributed by atoms with Crippen molar-refractivity contribution in [2.45, 2.75) is 58.1 Å². The Hall–Kier alpha value is -0.810. The van der Waals surface area contributed by atoms with Crippen molar-refractivity contribution in [1.82, 2.24) is 10.2 Å². The predicted molar refractivity (Wildman–Crippen MR) is 87.5 cm³/mol. The highest BCUT2D eigenvalue weighted by Gasteiger charge is 2.28. The van der Waals surface area contributed by atoms with E-state index in [0.717, 1.165) is 39.1 Å². The van der Waals surface area contributed by atoms with Crippen LogP contribution in [-0.4, -0.2) is 55.3 Å². The van der Waals surface area contributed by atoms with E-state index in [1.165, 1.54) is 19.4 Å². The van der Waals surface area contributed by atoms with Crippen LogP contribution in [0.4, 0.5) is 0 Å². The average Bonchev–Trinajstić information content (AvgIpc) is 2.89. The molecule has 5 heteroatoms. The molecule has 21 heavy (non-hydrogen) atoms. The number of nitrogens with one attached hydrogen (secondary N) is 1. The first-order valence-corrected chi connectivity index (χ1v) is 8.42. The van der Waals surface area contributed by atoms with Crippen LogP contribution in [0.15, 0.2) is 4.99 Å². The normalized spacial score (nSPS) is 30.5. The Balaban J connectivity index is 1.71. The third-order valence-corrected chi connectivity index (χ3v) is 4.74. The Morgan fingerprint density at radius 1 is 1.43 bits per heavy atom. The van der Waals surface area contributed by atoms with Crippen LogP contribution in [0.5, 0.6) is 0 Å². The number of nitrogens with zero attached hydrogens (tertiary/aromatic N) is 2. The fourth-order valence-electron chi connectivity index (χ4n) is 3.56. The molecule has 3 N–H and O–H groups in total. The molecule has 0 radical (unpaired) electrons. The first kappa shape index (κ1) is 16.6. The number of rotatable bonds is 5. The summed E-state index contributed by atoms with van der Waals surface area (Å²) in [6.45, 7) is 11.5. The summed E-state index contributed by atoms with van der Waals surface area (Å²) in [5, 5.41) is 3.30. The van der Waals surface area contributed by atoms with Gasteiger partial charge in [-0.1, -0.05) is 6.92 Å². The molecule has 5 nitrogen and oxygen atoms in total. The quantitative estimate of drug-likeness (QED) is 0.597. The highest BCUT2D eigenvalue weighted by Crippen LogP contribution is 2.28. The molecule has 0 spiro atoms. The number of ether oxygens (including phenoxy) is 1. The van der Waals surface area contributed by atoms with Crippen molar-refractivity contribution in [2.75, 3.05) is 32.8 Å². The molecule has 2 unspecified atom stereocenters. The standard InChI is InChI=1S/C16H32N4O/c1-4-20-8-5-6-14(20)12-19-15(17)18-11-13-7-9-21-16(2,3)10-13/h13-14H,4-12H2,1-3H3,(H3,17,18,19). The average molecular weight is 296 g/mol. The summed E-state index contributed by atoms with van der Waals surface area (Å²) in [5.74, 6) is 1.19. The van der Waals surface area contributed by atoms with Gasteiger partial charge in [0, 0.05) is 25.7 Å². The van der Waals surface area contributed by atoms with E-state index in [-0.39, 0.29) is 5.60 Å². The molecule has 0 aromatic carbocycles. The van der Waals surface area contributed by atoms with Crippen molar-refractivity contribution >= 4 is 5.96 Å². The van der Waals surface area contributed by atoms with E-state index in [1.807, 2.05) is 0 Å². The van der Waals surface area contributed by atoms with E-state index >= 15 is 0 Å². The maximum absolute atomic E-state index is 6.01. The van der Waals surface area contributed by atoms with Gasteiger partial charge in [0.05, 0.1) is 5.60 Å². The second-order valence-corrected chi connectivity index (χ2v) is 7.00. The maximum atomic E-state index is 6.01. The predicted octanol–water partition coefficient (Wildman–Crippen LogP) is 1.58. The topological polar surface area (TPSA) is 62.9 Å². The zero-order chi connectivity index (χ0) is 15.3. The monoisotopic (exact) mass is 296 g/mol. The van der Waals surface area contributed by atoms with Crippen molar-refractivity contribution in [3.8, 4) is 0 Å². The first-order valence-electron chi connectivity index (χ1n) is 8.42. The summed E-state index contributed by atoms with van der Waals surface area (Å²) >= 11 is 0. The molecule has 0 aromatic heterocycles. The van der Waals surface area contributed by atoms with Crippen molar-refractivity contribution in [3.05, 3.63) is 0 Å². The number of nitrogens with two attached hydrogens (primary N) is 1. The van der Waals surface area contributed by atoms with Gasteiger partial charge in [-0.25, -0.2) is 0 Å². The zero-order valence-corrected chi connectivity index (χ0v) is 13.9. The molecule has 0 bridgehead atoms. The van der Waals surface area contributed by atoms with E-state index in [2.05, 4.69) is 36.0 Å². The number of hydrogen-bond donors (Lipinski definition) is 2. The van der Waals surface area contributed by atoms with Gasteiger partial charge in [-0.3, -0.25) is 9.89 Å². The SMILES string of the molecule is CCN1CCCC1CNC(N)=NCC1CCOC(C)(C)C1. The molecule has 0 aromatic rings. The Labute approximate surface area is 129 Å². The molecule has 2 aliphatic rings. The number of hydrogen-bond acceptors (Lipinski definition) is 3. The Morgan fingerprint density at radius 3 is 2.95 bits per heavy atom. The zero-order valence-electron chi connectivity index (χ0n) is 13.9. The van der Waals surface area contributed by atoms with E-state index in [0.29, 0.717) is 17.9 Å². The molecular weight excluding hydrogens is 264 g/mol. The molecule has 2 saturated heterocycles. The van der Waals surface area contributed by atoms with Crippen LogP contribution < -0.4 is 11.1 Å². The first-order chi connectivity index (χ1) is 10.00. The molecule has 0 aliphatic carbocycles. The van der Waals surface area contributed by atoms with Gasteiger partial charge in [0.1, 0.15) is 0 Å². The van der Waals surface area contributed by atoms with Gasteiger partial charge in [-0.15, -0.1) is 0 Å². The van der Waals surface area contributed by atoms with Gasteiger partial charge in [-0.05, 0) is 58.5 Å². The summed E-state index contributed by atoms with van der Waals surface area (Å²) in [6.07, 6.45) is 4.72. The Bertz CT molecular complexity index is 356. The number of likely N-dealkylation sites (N-methyl/N-ethyl adjacent to an activating group) is 1. The Kier molecular flexibility index (Phi) is 5.88. The number of likely N-dealkylation sites (tertiary alicyclic amines) is 1. The fourth-order valence-corrected chi connectivity index (χ4v) is 3.56. The largest absolute Gasteiger partial charge is 0.376 e. The van der Waals surface area contributed by atoms with Crippen molar-refractivity contribution in [3.63, 3.8) is 0 Å². The fraction of sp³-hybridized carbons (Fsp3) is 0.938. The van der Waals surface area contributed by atoms with Crippen LogP contribution in [0.1, 0.15) is 46.5 Å². The van der Waals surface area contributed by atoms with Crippen molar-refractivity contribution in [1.29, 1.82) is 0 Å². The lowest BCUT2D eigenvalue weighted by atomic mass is 9.88. The lowest BCUT2D eigenvalue weighted by Gasteiger charge is -2.34. The van der Waals surface area contributed by atoms with E-state index in [1.54, 1.807) is 0 Å². The number of guanidine groups is 1. The molecule has 2 fully saturated rings. The molecular formula is C16H32N4O. The second-order valence-electron chi connectivity index (χ2n) is 7.00. The van der Waals surface area contributed by atoms with Crippen LogP contribution in [0.25, 0.3) is 0 Å². The second kappa shape index (κ2) is 7.45. The van der Waals surface area contributed by atoms with Crippen LogP contribution in [0, 0.1) is 5.92 Å². The smallest absolute Gasteiger partial charge is 0.188 e. The third-order valence-electron chi connectivity index (χ3n) is 4.74. The minimum absolute atomic E-state index is 0.00784. The van der Waals surface area contributed by atoms with E-state index in [4.69, 9.17) is 10.5 Å². The molecule has 0 saturated carbocycles. The lowest BCUT2D eigenvalue weighted by Crippen LogP contribution is -2.43. The summed E-state index contributed by atoms with van der Waals surface area (Å²) in [6, 6.07) is 0.616. The van der Waals surface area contributed by atoms with E-state index in [9.17, 15) is 0 Å². The molecule has 2 rings (SSSR count). The molecule has 122 valence electrons. The number of aliphatic imine (C=N–C) groups is 1. The summed E-state index contributed by atoms with van der Waals surface area (Å²) in [5.41, 5.74) is 6.00. The molecule has 0 amide bonds. The molecule has 2 heterocycles. The molecule has 2 aliphatic heterocycles. The van der Waals surface area contributed by atoms with Crippen molar-refractivity contribution < 1.29 is 4.74 Å². The Morgan fingerprint density at radius 2 is 2.24 bits per heavy atom. The van der Waals surface area contributed by atoms with Crippen molar-refractivity contribution in [2.24, 2.45) is 16.6 Å². The van der Waals surface area contributed by atoms with Gasteiger partial charge >= 0.3 is 0 Å². The lowest BCUT2D eigenvalue weighted by molar-refractivity contribution is -0.0705. The molecule has 2 atom stereocenters. The van der Waals surface area contributed by atoms with Crippen LogP contribution in [0.3, 0.4) is 0 Å². The highest BCUT2D eigenvalue weighted by atomic mass is 16.5.